The molecule has 0 bridgehead atoms. The van der Waals surface area contributed by atoms with E-state index in [9.17, 15) is 0 Å². The Morgan fingerprint density at radius 2 is 2.06 bits per heavy atom. The Morgan fingerprint density at radius 1 is 1.31 bits per heavy atom. The zero-order valence-corrected chi connectivity index (χ0v) is 10.6. The van der Waals surface area contributed by atoms with E-state index < -0.39 is 0 Å². The molecule has 1 aromatic carbocycles. The van der Waals surface area contributed by atoms with Gasteiger partial charge in [0.25, 0.3) is 0 Å². The fraction of sp³-hybridized carbons (Fsp3) is 0.571. The molecular formula is C14H23NO. The summed E-state index contributed by atoms with van der Waals surface area (Å²) in [5, 5.41) is 3.47. The van der Waals surface area contributed by atoms with Gasteiger partial charge in [0.15, 0.2) is 0 Å². The van der Waals surface area contributed by atoms with Gasteiger partial charge in [0, 0.05) is 12.6 Å². The van der Waals surface area contributed by atoms with E-state index in [1.54, 1.807) is 0 Å². The molecule has 0 saturated carbocycles. The van der Waals surface area contributed by atoms with E-state index in [2.05, 4.69) is 43.4 Å². The molecule has 0 aliphatic rings. The normalized spacial score (nSPS) is 12.7. The molecule has 1 rings (SSSR count). The van der Waals surface area contributed by atoms with Crippen molar-refractivity contribution in [1.29, 1.82) is 0 Å². The van der Waals surface area contributed by atoms with E-state index in [4.69, 9.17) is 4.74 Å². The van der Waals surface area contributed by atoms with Gasteiger partial charge in [-0.15, -0.1) is 0 Å². The van der Waals surface area contributed by atoms with E-state index in [-0.39, 0.29) is 0 Å². The Morgan fingerprint density at radius 3 is 2.75 bits per heavy atom. The molecule has 0 radical (unpaired) electrons. The molecular weight excluding hydrogens is 198 g/mol. The minimum absolute atomic E-state index is 0.434. The molecule has 16 heavy (non-hydrogen) atoms. The highest BCUT2D eigenvalue weighted by molar-refractivity contribution is 5.25. The second kappa shape index (κ2) is 7.42. The number of rotatable bonds is 7. The van der Waals surface area contributed by atoms with E-state index in [1.165, 1.54) is 11.1 Å². The van der Waals surface area contributed by atoms with Gasteiger partial charge in [0.1, 0.15) is 0 Å². The maximum absolute atomic E-state index is 5.36. The molecule has 1 unspecified atom stereocenters. The summed E-state index contributed by atoms with van der Waals surface area (Å²) < 4.78 is 5.36. The lowest BCUT2D eigenvalue weighted by molar-refractivity contribution is 0.127. The molecule has 0 spiro atoms. The molecule has 0 aromatic heterocycles. The highest BCUT2D eigenvalue weighted by atomic mass is 16.5. The number of nitrogens with one attached hydrogen (secondary N) is 1. The molecule has 2 nitrogen and oxygen atoms in total. The van der Waals surface area contributed by atoms with Crippen molar-refractivity contribution in [3.8, 4) is 0 Å². The van der Waals surface area contributed by atoms with Crippen LogP contribution < -0.4 is 5.32 Å². The number of hydrogen-bond acceptors (Lipinski definition) is 2. The van der Waals surface area contributed by atoms with Crippen LogP contribution in [-0.4, -0.2) is 25.8 Å². The first kappa shape index (κ1) is 13.2. The van der Waals surface area contributed by atoms with E-state index >= 15 is 0 Å². The summed E-state index contributed by atoms with van der Waals surface area (Å²) in [6.07, 6.45) is 1.09. The van der Waals surface area contributed by atoms with Gasteiger partial charge in [0.2, 0.25) is 0 Å². The van der Waals surface area contributed by atoms with Crippen molar-refractivity contribution < 1.29 is 4.74 Å². The first-order valence-electron chi connectivity index (χ1n) is 6.09. The molecule has 0 saturated heterocycles. The summed E-state index contributed by atoms with van der Waals surface area (Å²) in [7, 11) is 0. The van der Waals surface area contributed by atoms with Crippen molar-refractivity contribution in [2.75, 3.05) is 19.8 Å². The second-order valence-corrected chi connectivity index (χ2v) is 4.19. The summed E-state index contributed by atoms with van der Waals surface area (Å²) >= 11 is 0. The molecule has 0 aliphatic carbocycles. The summed E-state index contributed by atoms with van der Waals surface area (Å²) in [6, 6.07) is 8.99. The van der Waals surface area contributed by atoms with Crippen molar-refractivity contribution in [2.24, 2.45) is 0 Å². The third-order valence-corrected chi connectivity index (χ3v) is 2.72. The van der Waals surface area contributed by atoms with Crippen molar-refractivity contribution >= 4 is 0 Å². The van der Waals surface area contributed by atoms with E-state index in [1.807, 2.05) is 6.92 Å². The van der Waals surface area contributed by atoms with Gasteiger partial charge in [-0.05, 0) is 44.9 Å². The van der Waals surface area contributed by atoms with Gasteiger partial charge in [-0.25, -0.2) is 0 Å². The van der Waals surface area contributed by atoms with Gasteiger partial charge < -0.3 is 10.1 Å². The molecule has 0 amide bonds. The highest BCUT2D eigenvalue weighted by Gasteiger charge is 2.01. The zero-order chi connectivity index (χ0) is 11.8. The van der Waals surface area contributed by atoms with Crippen LogP contribution in [-0.2, 0) is 11.2 Å². The summed E-state index contributed by atoms with van der Waals surface area (Å²) in [4.78, 5) is 0. The van der Waals surface area contributed by atoms with Crippen molar-refractivity contribution in [3.63, 3.8) is 0 Å². The predicted molar refractivity (Wildman–Crippen MR) is 68.8 cm³/mol. The number of benzene rings is 1. The monoisotopic (exact) mass is 221 g/mol. The van der Waals surface area contributed by atoms with Crippen LogP contribution in [0.25, 0.3) is 0 Å². The van der Waals surface area contributed by atoms with Gasteiger partial charge in [-0.1, -0.05) is 24.3 Å². The molecule has 1 N–H and O–H groups in total. The molecule has 1 atom stereocenters. The lowest BCUT2D eigenvalue weighted by Crippen LogP contribution is -2.32. The van der Waals surface area contributed by atoms with Gasteiger partial charge in [-0.2, -0.15) is 0 Å². The fourth-order valence-electron chi connectivity index (χ4n) is 1.70. The SMILES string of the molecule is CCOCC(C)NCCc1ccccc1C. The molecule has 0 aliphatic heterocycles. The van der Waals surface area contributed by atoms with Crippen LogP contribution in [0.4, 0.5) is 0 Å². The highest BCUT2D eigenvalue weighted by Crippen LogP contribution is 2.06. The van der Waals surface area contributed by atoms with Crippen LogP contribution >= 0.6 is 0 Å². The van der Waals surface area contributed by atoms with Crippen LogP contribution in [0.2, 0.25) is 0 Å². The number of aryl methyl sites for hydroxylation is 1. The van der Waals surface area contributed by atoms with Crippen LogP contribution in [0.1, 0.15) is 25.0 Å². The van der Waals surface area contributed by atoms with Crippen LogP contribution in [0.15, 0.2) is 24.3 Å². The third-order valence-electron chi connectivity index (χ3n) is 2.72. The molecule has 0 heterocycles. The average Bonchev–Trinajstić information content (AvgIpc) is 2.29. The minimum Gasteiger partial charge on any atom is -0.380 e. The molecule has 90 valence electrons. The number of ether oxygens (including phenoxy) is 1. The standard InChI is InChI=1S/C14H23NO/c1-4-16-11-13(3)15-10-9-14-8-6-5-7-12(14)2/h5-8,13,15H,4,9-11H2,1-3H3. The Bertz CT molecular complexity index is 299. The lowest BCUT2D eigenvalue weighted by atomic mass is 10.1. The van der Waals surface area contributed by atoms with Gasteiger partial charge >= 0.3 is 0 Å². The first-order valence-corrected chi connectivity index (χ1v) is 6.09. The van der Waals surface area contributed by atoms with E-state index in [0.29, 0.717) is 6.04 Å². The summed E-state index contributed by atoms with van der Waals surface area (Å²) in [5.41, 5.74) is 2.81. The molecule has 2 heteroatoms. The third kappa shape index (κ3) is 4.77. The minimum atomic E-state index is 0.434. The largest absolute Gasteiger partial charge is 0.380 e. The Balaban J connectivity index is 2.23. The fourth-order valence-corrected chi connectivity index (χ4v) is 1.70. The second-order valence-electron chi connectivity index (χ2n) is 4.19. The predicted octanol–water partition coefficient (Wildman–Crippen LogP) is 2.55. The summed E-state index contributed by atoms with van der Waals surface area (Å²) in [5.74, 6) is 0. The van der Waals surface area contributed by atoms with Gasteiger partial charge in [0.05, 0.1) is 6.61 Å². The Labute approximate surface area is 99.0 Å². The van der Waals surface area contributed by atoms with Crippen molar-refractivity contribution in [1.82, 2.24) is 5.32 Å². The van der Waals surface area contributed by atoms with Crippen LogP contribution in [0.5, 0.6) is 0 Å². The van der Waals surface area contributed by atoms with Crippen molar-refractivity contribution in [2.45, 2.75) is 33.2 Å². The quantitative estimate of drug-likeness (QED) is 0.764. The topological polar surface area (TPSA) is 21.3 Å². The lowest BCUT2D eigenvalue weighted by Gasteiger charge is -2.14. The molecule has 1 aromatic rings. The maximum Gasteiger partial charge on any atom is 0.0616 e. The first-order chi connectivity index (χ1) is 7.74. The average molecular weight is 221 g/mol. The van der Waals surface area contributed by atoms with Crippen LogP contribution in [0, 0.1) is 6.92 Å². The maximum atomic E-state index is 5.36. The Hall–Kier alpha value is -0.860. The smallest absolute Gasteiger partial charge is 0.0616 e. The summed E-state index contributed by atoms with van der Waals surface area (Å²) in [6.45, 7) is 8.96. The van der Waals surface area contributed by atoms with Gasteiger partial charge in [-0.3, -0.25) is 0 Å². The zero-order valence-electron chi connectivity index (χ0n) is 10.6. The van der Waals surface area contributed by atoms with Crippen LogP contribution in [0.3, 0.4) is 0 Å². The number of hydrogen-bond donors (Lipinski definition) is 1. The molecule has 0 fully saturated rings. The van der Waals surface area contributed by atoms with E-state index in [0.717, 1.165) is 26.2 Å². The van der Waals surface area contributed by atoms with Crippen molar-refractivity contribution in [3.05, 3.63) is 35.4 Å². The Kier molecular flexibility index (Phi) is 6.12.